The molecule has 180 valence electrons. The summed E-state index contributed by atoms with van der Waals surface area (Å²) in [5.41, 5.74) is 8.43. The number of aromatic nitrogens is 1. The molecular weight excluding hydrogens is 449 g/mol. The summed E-state index contributed by atoms with van der Waals surface area (Å²) in [6.07, 6.45) is -2.76. The van der Waals surface area contributed by atoms with E-state index in [1.807, 2.05) is 6.07 Å². The first-order valence-corrected chi connectivity index (χ1v) is 10.2. The summed E-state index contributed by atoms with van der Waals surface area (Å²) in [5.74, 6) is 0.782. The van der Waals surface area contributed by atoms with E-state index in [4.69, 9.17) is 15.2 Å². The van der Waals surface area contributed by atoms with Crippen molar-refractivity contribution in [3.63, 3.8) is 0 Å². The SMILES string of the molecule is CN=C/C(=C\N)c1cnc2ccc(N(CC(O)C(F)(F)F)c3cc(OC)cc(OC)c3)cc2c1. The van der Waals surface area contributed by atoms with Gasteiger partial charge in [-0.15, -0.1) is 0 Å². The number of aliphatic hydroxyl groups excluding tert-OH is 1. The van der Waals surface area contributed by atoms with Crippen molar-refractivity contribution in [2.45, 2.75) is 12.3 Å². The Bertz CT molecular complexity index is 1190. The molecule has 0 aliphatic heterocycles. The maximum Gasteiger partial charge on any atom is 0.416 e. The molecule has 0 spiro atoms. The van der Waals surface area contributed by atoms with E-state index in [1.54, 1.807) is 55.9 Å². The molecule has 3 N–H and O–H groups in total. The number of pyridine rings is 1. The Labute approximate surface area is 194 Å². The molecule has 0 amide bonds. The maximum absolute atomic E-state index is 13.3. The van der Waals surface area contributed by atoms with E-state index in [0.29, 0.717) is 44.9 Å². The van der Waals surface area contributed by atoms with Gasteiger partial charge in [0.2, 0.25) is 0 Å². The second-order valence-corrected chi connectivity index (χ2v) is 7.35. The number of halogens is 3. The van der Waals surface area contributed by atoms with E-state index in [9.17, 15) is 18.3 Å². The van der Waals surface area contributed by atoms with Gasteiger partial charge in [0, 0.05) is 71.8 Å². The number of methoxy groups -OCH3 is 2. The molecule has 3 aromatic rings. The quantitative estimate of drug-likeness (QED) is 0.473. The zero-order valence-electron chi connectivity index (χ0n) is 18.9. The van der Waals surface area contributed by atoms with Crippen LogP contribution in [0.5, 0.6) is 11.5 Å². The number of alkyl halides is 3. The fourth-order valence-corrected chi connectivity index (χ4v) is 3.38. The van der Waals surface area contributed by atoms with Gasteiger partial charge in [-0.2, -0.15) is 13.2 Å². The summed E-state index contributed by atoms with van der Waals surface area (Å²) >= 11 is 0. The highest BCUT2D eigenvalue weighted by Gasteiger charge is 2.39. The number of anilines is 2. The van der Waals surface area contributed by atoms with Crippen LogP contribution in [0.4, 0.5) is 24.5 Å². The lowest BCUT2D eigenvalue weighted by Gasteiger charge is -2.29. The highest BCUT2D eigenvalue weighted by Crippen LogP contribution is 2.35. The molecule has 1 aromatic heterocycles. The van der Waals surface area contributed by atoms with E-state index in [2.05, 4.69) is 9.98 Å². The van der Waals surface area contributed by atoms with Crippen molar-refractivity contribution in [1.82, 2.24) is 4.98 Å². The van der Waals surface area contributed by atoms with Gasteiger partial charge in [0.1, 0.15) is 11.5 Å². The van der Waals surface area contributed by atoms with E-state index in [0.717, 1.165) is 0 Å². The highest BCUT2D eigenvalue weighted by molar-refractivity contribution is 6.10. The molecule has 1 unspecified atom stereocenters. The maximum atomic E-state index is 13.3. The molecule has 0 radical (unpaired) electrons. The van der Waals surface area contributed by atoms with E-state index >= 15 is 0 Å². The van der Waals surface area contributed by atoms with Crippen LogP contribution in [0.25, 0.3) is 16.5 Å². The minimum absolute atomic E-state index is 0.351. The van der Waals surface area contributed by atoms with Gasteiger partial charge in [-0.3, -0.25) is 9.98 Å². The van der Waals surface area contributed by atoms with E-state index in [-0.39, 0.29) is 0 Å². The fourth-order valence-electron chi connectivity index (χ4n) is 3.38. The van der Waals surface area contributed by atoms with Gasteiger partial charge in [0.15, 0.2) is 6.10 Å². The van der Waals surface area contributed by atoms with Crippen LogP contribution in [-0.2, 0) is 0 Å². The number of hydrogen-bond acceptors (Lipinski definition) is 7. The molecule has 0 saturated carbocycles. The van der Waals surface area contributed by atoms with Gasteiger partial charge in [-0.1, -0.05) is 0 Å². The first kappa shape index (κ1) is 24.8. The van der Waals surface area contributed by atoms with Crippen molar-refractivity contribution < 1.29 is 27.8 Å². The summed E-state index contributed by atoms with van der Waals surface area (Å²) in [6, 6.07) is 11.6. The Kier molecular flexibility index (Phi) is 7.62. The van der Waals surface area contributed by atoms with Crippen LogP contribution in [0.2, 0.25) is 0 Å². The second-order valence-electron chi connectivity index (χ2n) is 7.35. The predicted octanol–water partition coefficient (Wildman–Crippen LogP) is 4.31. The minimum atomic E-state index is -4.80. The number of hydrogen-bond donors (Lipinski definition) is 2. The van der Waals surface area contributed by atoms with Crippen molar-refractivity contribution >= 4 is 34.1 Å². The van der Waals surface area contributed by atoms with Crippen LogP contribution >= 0.6 is 0 Å². The summed E-state index contributed by atoms with van der Waals surface area (Å²) in [4.78, 5) is 9.73. The normalized spacial score (nSPS) is 13.3. The van der Waals surface area contributed by atoms with Gasteiger partial charge in [-0.05, 0) is 24.3 Å². The second kappa shape index (κ2) is 10.4. The lowest BCUT2D eigenvalue weighted by atomic mass is 10.1. The zero-order chi connectivity index (χ0) is 24.9. The Balaban J connectivity index is 2.15. The number of aliphatic imine (C=N–C) groups is 1. The zero-order valence-corrected chi connectivity index (χ0v) is 18.9. The molecular formula is C24H25F3N4O3. The van der Waals surface area contributed by atoms with Gasteiger partial charge in [0.05, 0.1) is 26.3 Å². The molecule has 0 fully saturated rings. The first-order chi connectivity index (χ1) is 16.2. The van der Waals surface area contributed by atoms with Crippen LogP contribution in [0.1, 0.15) is 5.56 Å². The molecule has 0 saturated heterocycles. The smallest absolute Gasteiger partial charge is 0.416 e. The van der Waals surface area contributed by atoms with E-state index < -0.39 is 18.8 Å². The molecule has 2 aromatic carbocycles. The van der Waals surface area contributed by atoms with Crippen LogP contribution in [0.15, 0.2) is 59.9 Å². The average Bonchev–Trinajstić information content (AvgIpc) is 2.83. The third-order valence-corrected chi connectivity index (χ3v) is 5.14. The first-order valence-electron chi connectivity index (χ1n) is 10.2. The number of rotatable bonds is 8. The molecule has 10 heteroatoms. The number of nitrogens with two attached hydrogens (primary N) is 1. The Hall–Kier alpha value is -3.79. The van der Waals surface area contributed by atoms with Gasteiger partial charge in [-0.25, -0.2) is 0 Å². The number of allylic oxidation sites excluding steroid dienone is 1. The van der Waals surface area contributed by atoms with Gasteiger partial charge >= 0.3 is 6.18 Å². The summed E-state index contributed by atoms with van der Waals surface area (Å²) in [6.45, 7) is -0.741. The molecule has 0 aliphatic rings. The third kappa shape index (κ3) is 5.57. The molecule has 7 nitrogen and oxygen atoms in total. The van der Waals surface area contributed by atoms with Crippen LogP contribution in [-0.4, -0.2) is 56.4 Å². The van der Waals surface area contributed by atoms with Crippen molar-refractivity contribution in [2.24, 2.45) is 10.7 Å². The topological polar surface area (TPSA) is 93.2 Å². The molecule has 1 atom stereocenters. The standard InChI is InChI=1S/C24H25F3N4O3/c1-29-12-17(11-28)16-6-15-7-18(4-5-22(15)30-13-16)31(14-23(32)24(25,26)27)19-8-20(33-2)10-21(9-19)34-3/h4-13,23,32H,14,28H2,1-3H3/b17-11+,29-12?. The van der Waals surface area contributed by atoms with Crippen LogP contribution in [0, 0.1) is 0 Å². The number of benzene rings is 2. The van der Waals surface area contributed by atoms with E-state index in [1.165, 1.54) is 25.3 Å². The van der Waals surface area contributed by atoms with Crippen molar-refractivity contribution in [3.05, 3.63) is 60.4 Å². The summed E-state index contributed by atoms with van der Waals surface area (Å²) in [7, 11) is 4.50. The Morgan fingerprint density at radius 3 is 2.35 bits per heavy atom. The van der Waals surface area contributed by atoms with Crippen molar-refractivity contribution in [3.8, 4) is 11.5 Å². The number of aliphatic hydroxyl groups is 1. The summed E-state index contributed by atoms with van der Waals surface area (Å²) < 4.78 is 50.4. The Morgan fingerprint density at radius 1 is 1.12 bits per heavy atom. The summed E-state index contributed by atoms with van der Waals surface area (Å²) in [5, 5.41) is 10.5. The third-order valence-electron chi connectivity index (χ3n) is 5.14. The number of ether oxygens (including phenoxy) is 2. The van der Waals surface area contributed by atoms with Gasteiger partial charge < -0.3 is 25.2 Å². The molecule has 34 heavy (non-hydrogen) atoms. The monoisotopic (exact) mass is 474 g/mol. The minimum Gasteiger partial charge on any atom is -0.497 e. The average molecular weight is 474 g/mol. The molecule has 3 rings (SSSR count). The lowest BCUT2D eigenvalue weighted by molar-refractivity contribution is -0.199. The molecule has 0 bridgehead atoms. The number of fused-ring (bicyclic) bond motifs is 1. The van der Waals surface area contributed by atoms with Crippen molar-refractivity contribution in [2.75, 3.05) is 32.7 Å². The Morgan fingerprint density at radius 2 is 1.79 bits per heavy atom. The fraction of sp³-hybridized carbons (Fsp3) is 0.250. The lowest BCUT2D eigenvalue weighted by Crippen LogP contribution is -2.39. The highest BCUT2D eigenvalue weighted by atomic mass is 19.4. The number of nitrogens with zero attached hydrogens (tertiary/aromatic N) is 3. The van der Waals surface area contributed by atoms with Crippen LogP contribution < -0.4 is 20.1 Å². The van der Waals surface area contributed by atoms with Crippen LogP contribution in [0.3, 0.4) is 0 Å². The predicted molar refractivity (Wildman–Crippen MR) is 127 cm³/mol. The largest absolute Gasteiger partial charge is 0.497 e. The molecule has 1 heterocycles. The van der Waals surface area contributed by atoms with Gasteiger partial charge in [0.25, 0.3) is 0 Å². The van der Waals surface area contributed by atoms with Crippen molar-refractivity contribution in [1.29, 1.82) is 0 Å². The molecule has 0 aliphatic carbocycles.